The first-order chi connectivity index (χ1) is 25.2. The van der Waals surface area contributed by atoms with Crippen LogP contribution in [0.2, 0.25) is 0 Å². The number of primary amides is 1. The van der Waals surface area contributed by atoms with Crippen LogP contribution >= 0.6 is 0 Å². The molecule has 0 bridgehead atoms. The van der Waals surface area contributed by atoms with E-state index in [1.165, 1.54) is 20.8 Å². The third kappa shape index (κ3) is 12.4. The van der Waals surface area contributed by atoms with Crippen LogP contribution in [-0.4, -0.2) is 147 Å². The molecule has 0 aliphatic carbocycles. The zero-order valence-corrected chi connectivity index (χ0v) is 30.7. The summed E-state index contributed by atoms with van der Waals surface area (Å²) in [5.41, 5.74) is 5.30. The van der Waals surface area contributed by atoms with Gasteiger partial charge in [0, 0.05) is 6.54 Å². The molecule has 22 nitrogen and oxygen atoms in total. The van der Waals surface area contributed by atoms with Crippen molar-refractivity contribution in [2.45, 2.75) is 121 Å². The molecule has 22 heteroatoms. The number of nitrogens with zero attached hydrogens (tertiary/aromatic N) is 1. The molecule has 0 radical (unpaired) electrons. The molecule has 0 aromatic carbocycles. The minimum Gasteiger partial charge on any atom is -0.481 e. The first-order valence-corrected chi connectivity index (χ1v) is 17.4. The summed E-state index contributed by atoms with van der Waals surface area (Å²) in [5, 5.41) is 46.0. The van der Waals surface area contributed by atoms with E-state index in [9.17, 15) is 63.3 Å². The van der Waals surface area contributed by atoms with Gasteiger partial charge in [-0.05, 0) is 39.5 Å². The van der Waals surface area contributed by atoms with E-state index in [4.69, 9.17) is 5.73 Å². The summed E-state index contributed by atoms with van der Waals surface area (Å²) in [6.45, 7) is 5.80. The Bertz CT molecular complexity index is 1470. The van der Waals surface area contributed by atoms with Gasteiger partial charge in [0.25, 0.3) is 0 Å². The number of amides is 9. The van der Waals surface area contributed by atoms with Crippen LogP contribution in [0.25, 0.3) is 0 Å². The standard InChI is InChI=1S/C32H51N9O13/c1-6-13(2)23-30(52)37-18(11-22(45)46)28(50)38-19(12-42)32(54)41-9-7-8-20(41)29(51)36-17(10-21(33)44)27(49)34-14(3)26(48)40-24(16(5)43)31(53)35-15(4)25(47)39-23/h13-20,23-24,42-43H,6-12H2,1-5H3,(H2,33,44)(H,34,49)(H,35,53)(H,36,51)(H,37,52)(H,38,50)(H,39,47)(H,40,48)(H,45,46)/t13-,14-,15-,16+,17-,18-,19-,20-,23-,24-/m0/s1. The number of aliphatic hydroxyl groups excluding tert-OH is 2. The minimum atomic E-state index is -1.83. The topological polar surface area (TPSA) is 345 Å². The van der Waals surface area contributed by atoms with E-state index in [-0.39, 0.29) is 19.4 Å². The van der Waals surface area contributed by atoms with Crippen molar-refractivity contribution in [2.75, 3.05) is 13.2 Å². The summed E-state index contributed by atoms with van der Waals surface area (Å²) in [5.74, 6) is -11.2. The molecule has 9 amide bonds. The molecule has 0 aromatic rings. The number of fused-ring (bicyclic) bond motifs is 1. The lowest BCUT2D eigenvalue weighted by Crippen LogP contribution is -2.62. The third-order valence-corrected chi connectivity index (χ3v) is 9.05. The summed E-state index contributed by atoms with van der Waals surface area (Å²) in [4.78, 5) is 131. The van der Waals surface area contributed by atoms with Crippen molar-refractivity contribution < 1.29 is 63.3 Å². The van der Waals surface area contributed by atoms with Crippen LogP contribution in [-0.2, 0) is 47.9 Å². The molecule has 54 heavy (non-hydrogen) atoms. The van der Waals surface area contributed by atoms with Crippen LogP contribution in [0.3, 0.4) is 0 Å². The number of hydrogen-bond acceptors (Lipinski definition) is 12. The molecule has 2 saturated heterocycles. The van der Waals surface area contributed by atoms with Gasteiger partial charge in [0.15, 0.2) is 0 Å². The molecule has 2 rings (SSSR count). The maximum atomic E-state index is 13.6. The van der Waals surface area contributed by atoms with E-state index in [0.717, 1.165) is 4.90 Å². The third-order valence-electron chi connectivity index (χ3n) is 9.05. The van der Waals surface area contributed by atoms with Gasteiger partial charge in [-0.1, -0.05) is 20.3 Å². The number of nitrogens with one attached hydrogen (secondary N) is 7. The van der Waals surface area contributed by atoms with E-state index < -0.39 is 139 Å². The van der Waals surface area contributed by atoms with Gasteiger partial charge in [0.1, 0.15) is 48.3 Å². The van der Waals surface area contributed by atoms with Crippen molar-refractivity contribution in [2.24, 2.45) is 11.7 Å². The van der Waals surface area contributed by atoms with Gasteiger partial charge in [-0.25, -0.2) is 0 Å². The van der Waals surface area contributed by atoms with Gasteiger partial charge in [-0.3, -0.25) is 47.9 Å². The predicted molar refractivity (Wildman–Crippen MR) is 184 cm³/mol. The molecule has 2 aliphatic rings. The van der Waals surface area contributed by atoms with Crippen molar-refractivity contribution in [3.8, 4) is 0 Å². The maximum absolute atomic E-state index is 13.6. The van der Waals surface area contributed by atoms with Crippen LogP contribution in [0.1, 0.15) is 66.7 Å². The normalized spacial score (nSPS) is 29.8. The molecule has 302 valence electrons. The zero-order valence-electron chi connectivity index (χ0n) is 30.7. The van der Waals surface area contributed by atoms with Gasteiger partial charge < -0.3 is 63.2 Å². The second kappa shape index (κ2) is 20.2. The lowest BCUT2D eigenvalue weighted by molar-refractivity contribution is -0.144. The van der Waals surface area contributed by atoms with E-state index >= 15 is 0 Å². The zero-order chi connectivity index (χ0) is 41.0. The quantitative estimate of drug-likeness (QED) is 0.110. The lowest BCUT2D eigenvalue weighted by Gasteiger charge is -2.31. The fraction of sp³-hybridized carbons (Fsp3) is 0.688. The monoisotopic (exact) mass is 769 g/mol. The first-order valence-electron chi connectivity index (χ1n) is 17.4. The Hall–Kier alpha value is -5.38. The SMILES string of the molecule is CC[C@H](C)[C@@H]1NC(=O)[C@H](C)NC(=O)[C@H]([C@@H](C)O)NC(=O)[C@H](C)NC(=O)[C@H](CC(N)=O)NC(=O)[C@@H]2CCCN2C(=O)[C@H](CO)NC(=O)[C@H](CC(=O)O)NC1=O. The molecule has 10 atom stereocenters. The van der Waals surface area contributed by atoms with Crippen LogP contribution < -0.4 is 43.0 Å². The van der Waals surface area contributed by atoms with Crippen LogP contribution in [0.15, 0.2) is 0 Å². The second-order valence-corrected chi connectivity index (χ2v) is 13.4. The van der Waals surface area contributed by atoms with Gasteiger partial charge in [0.05, 0.1) is 25.6 Å². The highest BCUT2D eigenvalue weighted by Crippen LogP contribution is 2.19. The molecular formula is C32H51N9O13. The molecule has 2 heterocycles. The van der Waals surface area contributed by atoms with Crippen LogP contribution in [0, 0.1) is 5.92 Å². The molecule has 0 saturated carbocycles. The van der Waals surface area contributed by atoms with Gasteiger partial charge >= 0.3 is 5.97 Å². The number of nitrogens with two attached hydrogens (primary N) is 1. The van der Waals surface area contributed by atoms with Crippen LogP contribution in [0.4, 0.5) is 0 Å². The number of aliphatic hydroxyl groups is 2. The molecule has 2 aliphatic heterocycles. The average molecular weight is 770 g/mol. The lowest BCUT2D eigenvalue weighted by atomic mass is 9.97. The Kier molecular flexibility index (Phi) is 16.7. The van der Waals surface area contributed by atoms with Crippen molar-refractivity contribution in [3.63, 3.8) is 0 Å². The molecular weight excluding hydrogens is 718 g/mol. The van der Waals surface area contributed by atoms with E-state index in [2.05, 4.69) is 37.2 Å². The number of carboxylic acids is 1. The fourth-order valence-electron chi connectivity index (χ4n) is 5.70. The summed E-state index contributed by atoms with van der Waals surface area (Å²) < 4.78 is 0. The minimum absolute atomic E-state index is 0.0464. The fourth-order valence-corrected chi connectivity index (χ4v) is 5.70. The Morgan fingerprint density at radius 2 is 1.20 bits per heavy atom. The molecule has 2 fully saturated rings. The van der Waals surface area contributed by atoms with Crippen molar-refractivity contribution in [1.82, 2.24) is 42.1 Å². The summed E-state index contributed by atoms with van der Waals surface area (Å²) in [7, 11) is 0. The molecule has 0 spiro atoms. The summed E-state index contributed by atoms with van der Waals surface area (Å²) in [6.07, 6.45) is -2.65. The summed E-state index contributed by atoms with van der Waals surface area (Å²) >= 11 is 0. The highest BCUT2D eigenvalue weighted by molar-refractivity contribution is 6.00. The van der Waals surface area contributed by atoms with Crippen molar-refractivity contribution >= 4 is 59.1 Å². The van der Waals surface area contributed by atoms with Gasteiger partial charge in [0.2, 0.25) is 53.2 Å². The van der Waals surface area contributed by atoms with E-state index in [1.807, 2.05) is 0 Å². The number of rotatable bonds is 8. The van der Waals surface area contributed by atoms with E-state index in [0.29, 0.717) is 6.42 Å². The number of carboxylic acid groups (broad SMARTS) is 1. The highest BCUT2D eigenvalue weighted by Gasteiger charge is 2.41. The van der Waals surface area contributed by atoms with Gasteiger partial charge in [-0.15, -0.1) is 0 Å². The van der Waals surface area contributed by atoms with Crippen molar-refractivity contribution in [3.05, 3.63) is 0 Å². The Morgan fingerprint density at radius 1 is 0.722 bits per heavy atom. The number of aliphatic carboxylic acids is 1. The Morgan fingerprint density at radius 3 is 1.72 bits per heavy atom. The summed E-state index contributed by atoms with van der Waals surface area (Å²) in [6, 6.07) is -12.4. The molecule has 12 N–H and O–H groups in total. The Balaban J connectivity index is 2.59. The predicted octanol–water partition coefficient (Wildman–Crippen LogP) is -5.81. The average Bonchev–Trinajstić information content (AvgIpc) is 3.59. The number of carbonyl (C=O) groups is 10. The highest BCUT2D eigenvalue weighted by atomic mass is 16.4. The Labute approximate surface area is 310 Å². The van der Waals surface area contributed by atoms with E-state index in [1.54, 1.807) is 13.8 Å². The first kappa shape index (κ1) is 44.8. The van der Waals surface area contributed by atoms with Crippen LogP contribution in [0.5, 0.6) is 0 Å². The second-order valence-electron chi connectivity index (χ2n) is 13.4. The molecule has 0 aromatic heterocycles. The van der Waals surface area contributed by atoms with Gasteiger partial charge in [-0.2, -0.15) is 0 Å². The van der Waals surface area contributed by atoms with Crippen molar-refractivity contribution in [1.29, 1.82) is 0 Å². The largest absolute Gasteiger partial charge is 0.481 e. The number of carbonyl (C=O) groups excluding carboxylic acids is 9. The number of hydrogen-bond donors (Lipinski definition) is 11. The molecule has 0 unspecified atom stereocenters. The maximum Gasteiger partial charge on any atom is 0.305 e. The smallest absolute Gasteiger partial charge is 0.305 e.